The molecule has 1 N–H and O–H groups in total. The van der Waals surface area contributed by atoms with E-state index < -0.39 is 0 Å². The average Bonchev–Trinajstić information content (AvgIpc) is 3.30. The summed E-state index contributed by atoms with van der Waals surface area (Å²) < 4.78 is 10.9. The Bertz CT molecular complexity index is 1080. The first-order valence-electron chi connectivity index (χ1n) is 8.48. The minimum atomic E-state index is -0.349. The lowest BCUT2D eigenvalue weighted by molar-refractivity contribution is 0.101. The van der Waals surface area contributed by atoms with Gasteiger partial charge in [0, 0.05) is 22.9 Å². The van der Waals surface area contributed by atoms with Crippen molar-refractivity contribution >= 4 is 11.6 Å². The van der Waals surface area contributed by atoms with Crippen LogP contribution in [0.1, 0.15) is 21.9 Å². The zero-order chi connectivity index (χ0) is 18.8. The van der Waals surface area contributed by atoms with Crippen LogP contribution in [0.4, 0.5) is 5.69 Å². The molecule has 0 spiro atoms. The Labute approximate surface area is 155 Å². The van der Waals surface area contributed by atoms with Crippen LogP contribution in [0.3, 0.4) is 0 Å². The molecule has 134 valence electrons. The van der Waals surface area contributed by atoms with Crippen LogP contribution >= 0.6 is 0 Å². The van der Waals surface area contributed by atoms with E-state index in [1.807, 2.05) is 56.3 Å². The van der Waals surface area contributed by atoms with Crippen LogP contribution in [0.2, 0.25) is 0 Å². The molecule has 0 saturated carbocycles. The molecule has 0 unspecified atom stereocenters. The average molecular weight is 359 g/mol. The second-order valence-corrected chi connectivity index (χ2v) is 6.14. The zero-order valence-electron chi connectivity index (χ0n) is 14.9. The molecular formula is C21H17N3O3. The number of rotatable bonds is 4. The summed E-state index contributed by atoms with van der Waals surface area (Å²) in [6.07, 6.45) is 0. The highest BCUT2D eigenvalue weighted by Crippen LogP contribution is 2.25. The maximum Gasteiger partial charge on any atom is 0.277 e. The maximum atomic E-state index is 12.5. The Morgan fingerprint density at radius 3 is 2.48 bits per heavy atom. The third-order valence-corrected chi connectivity index (χ3v) is 4.20. The second kappa shape index (κ2) is 6.92. The first-order chi connectivity index (χ1) is 13.1. The minimum absolute atomic E-state index is 0.210. The lowest BCUT2D eigenvalue weighted by atomic mass is 10.1. The van der Waals surface area contributed by atoms with E-state index in [0.29, 0.717) is 17.3 Å². The van der Waals surface area contributed by atoms with Crippen LogP contribution < -0.4 is 5.32 Å². The largest absolute Gasteiger partial charge is 0.441 e. The van der Waals surface area contributed by atoms with E-state index >= 15 is 0 Å². The Kier molecular flexibility index (Phi) is 4.30. The van der Waals surface area contributed by atoms with Crippen LogP contribution in [-0.2, 0) is 0 Å². The highest BCUT2D eigenvalue weighted by molar-refractivity contribution is 6.03. The fourth-order valence-electron chi connectivity index (χ4n) is 2.64. The monoisotopic (exact) mass is 359 g/mol. The molecule has 0 radical (unpaired) electrons. The van der Waals surface area contributed by atoms with Gasteiger partial charge < -0.3 is 14.3 Å². The Hall–Kier alpha value is -3.67. The number of benzene rings is 2. The summed E-state index contributed by atoms with van der Waals surface area (Å²) in [6.45, 7) is 3.76. The molecule has 2 aromatic carbocycles. The van der Waals surface area contributed by atoms with E-state index in [9.17, 15) is 4.79 Å². The van der Waals surface area contributed by atoms with Gasteiger partial charge in [0.05, 0.1) is 5.69 Å². The zero-order valence-corrected chi connectivity index (χ0v) is 14.9. The quantitative estimate of drug-likeness (QED) is 0.562. The molecule has 1 amide bonds. The number of aromatic nitrogens is 2. The Morgan fingerprint density at radius 2 is 1.74 bits per heavy atom. The van der Waals surface area contributed by atoms with E-state index in [1.54, 1.807) is 18.2 Å². The number of anilines is 1. The van der Waals surface area contributed by atoms with Crippen molar-refractivity contribution in [2.45, 2.75) is 13.8 Å². The molecule has 2 heterocycles. The molecule has 0 atom stereocenters. The van der Waals surface area contributed by atoms with Gasteiger partial charge in [-0.25, -0.2) is 4.98 Å². The standard InChI is InChI=1S/C21H17N3O3/c1-13-14(2)26-21(22-13)16-9-6-10-17(11-16)23-20(25)18-12-19(27-24-18)15-7-4-3-5-8-15/h3-12H,1-2H3,(H,23,25). The topological polar surface area (TPSA) is 81.2 Å². The molecule has 0 aliphatic rings. The van der Waals surface area contributed by atoms with Gasteiger partial charge in [0.2, 0.25) is 5.89 Å². The smallest absolute Gasteiger partial charge is 0.277 e. The highest BCUT2D eigenvalue weighted by atomic mass is 16.5. The van der Waals surface area contributed by atoms with Gasteiger partial charge in [-0.1, -0.05) is 41.6 Å². The number of amides is 1. The summed E-state index contributed by atoms with van der Waals surface area (Å²) in [5.41, 5.74) is 3.32. The number of nitrogens with zero attached hydrogens (tertiary/aromatic N) is 2. The number of hydrogen-bond donors (Lipinski definition) is 1. The highest BCUT2D eigenvalue weighted by Gasteiger charge is 2.15. The summed E-state index contributed by atoms with van der Waals surface area (Å²) in [6, 6.07) is 18.4. The summed E-state index contributed by atoms with van der Waals surface area (Å²) >= 11 is 0. The number of nitrogens with one attached hydrogen (secondary N) is 1. The van der Waals surface area contributed by atoms with E-state index in [0.717, 1.165) is 22.6 Å². The molecule has 6 heteroatoms. The summed E-state index contributed by atoms with van der Waals surface area (Å²) in [5.74, 6) is 1.49. The predicted octanol–water partition coefficient (Wildman–Crippen LogP) is 4.87. The van der Waals surface area contributed by atoms with Gasteiger partial charge >= 0.3 is 0 Å². The van der Waals surface area contributed by atoms with Crippen molar-refractivity contribution in [3.8, 4) is 22.8 Å². The van der Waals surface area contributed by atoms with Crippen molar-refractivity contribution in [2.24, 2.45) is 0 Å². The molecule has 27 heavy (non-hydrogen) atoms. The number of aryl methyl sites for hydroxylation is 2. The molecule has 4 aromatic rings. The predicted molar refractivity (Wildman–Crippen MR) is 101 cm³/mol. The number of carbonyl (C=O) groups excluding carboxylic acids is 1. The minimum Gasteiger partial charge on any atom is -0.441 e. The van der Waals surface area contributed by atoms with Crippen LogP contribution in [0.15, 0.2) is 69.6 Å². The normalized spacial score (nSPS) is 10.7. The Balaban J connectivity index is 1.53. The molecule has 2 aromatic heterocycles. The number of oxazole rings is 1. The van der Waals surface area contributed by atoms with Crippen LogP contribution in [0.25, 0.3) is 22.8 Å². The first kappa shape index (κ1) is 16.8. The maximum absolute atomic E-state index is 12.5. The molecule has 0 bridgehead atoms. The lowest BCUT2D eigenvalue weighted by Gasteiger charge is -2.04. The fourth-order valence-corrected chi connectivity index (χ4v) is 2.64. The molecular weight excluding hydrogens is 342 g/mol. The van der Waals surface area contributed by atoms with Gasteiger partial charge in [-0.15, -0.1) is 0 Å². The fraction of sp³-hybridized carbons (Fsp3) is 0.0952. The summed E-state index contributed by atoms with van der Waals surface area (Å²) in [5, 5.41) is 6.69. The second-order valence-electron chi connectivity index (χ2n) is 6.14. The van der Waals surface area contributed by atoms with E-state index in [-0.39, 0.29) is 11.6 Å². The molecule has 0 aliphatic heterocycles. The van der Waals surface area contributed by atoms with E-state index in [1.165, 1.54) is 0 Å². The van der Waals surface area contributed by atoms with Crippen molar-refractivity contribution in [1.29, 1.82) is 0 Å². The summed E-state index contributed by atoms with van der Waals surface area (Å²) in [4.78, 5) is 16.9. The van der Waals surface area contributed by atoms with Gasteiger partial charge in [0.25, 0.3) is 5.91 Å². The number of hydrogen-bond acceptors (Lipinski definition) is 5. The van der Waals surface area contributed by atoms with E-state index in [4.69, 9.17) is 8.94 Å². The molecule has 6 nitrogen and oxygen atoms in total. The van der Waals surface area contributed by atoms with Crippen LogP contribution in [-0.4, -0.2) is 16.0 Å². The van der Waals surface area contributed by atoms with Gasteiger partial charge in [-0.2, -0.15) is 0 Å². The Morgan fingerprint density at radius 1 is 0.963 bits per heavy atom. The van der Waals surface area contributed by atoms with Crippen molar-refractivity contribution in [2.75, 3.05) is 5.32 Å². The summed E-state index contributed by atoms with van der Waals surface area (Å²) in [7, 11) is 0. The SMILES string of the molecule is Cc1nc(-c2cccc(NC(=O)c3cc(-c4ccccc4)on3)c2)oc1C. The third-order valence-electron chi connectivity index (χ3n) is 4.20. The van der Waals surface area contributed by atoms with Gasteiger partial charge in [-0.05, 0) is 32.0 Å². The lowest BCUT2D eigenvalue weighted by Crippen LogP contribution is -2.12. The van der Waals surface area contributed by atoms with Crippen LogP contribution in [0, 0.1) is 13.8 Å². The van der Waals surface area contributed by atoms with Crippen molar-refractivity contribution in [3.05, 3.63) is 77.8 Å². The van der Waals surface area contributed by atoms with Gasteiger partial charge in [0.1, 0.15) is 5.76 Å². The molecule has 0 aliphatic carbocycles. The van der Waals surface area contributed by atoms with Gasteiger partial charge in [0.15, 0.2) is 11.5 Å². The number of carbonyl (C=O) groups is 1. The van der Waals surface area contributed by atoms with E-state index in [2.05, 4.69) is 15.5 Å². The third kappa shape index (κ3) is 3.50. The molecule has 0 fully saturated rings. The first-order valence-corrected chi connectivity index (χ1v) is 8.48. The van der Waals surface area contributed by atoms with Crippen molar-refractivity contribution in [1.82, 2.24) is 10.1 Å². The molecule has 4 rings (SSSR count). The van der Waals surface area contributed by atoms with Gasteiger partial charge in [-0.3, -0.25) is 4.79 Å². The van der Waals surface area contributed by atoms with Crippen molar-refractivity contribution < 1.29 is 13.7 Å². The van der Waals surface area contributed by atoms with Crippen LogP contribution in [0.5, 0.6) is 0 Å². The van der Waals surface area contributed by atoms with Crippen molar-refractivity contribution in [3.63, 3.8) is 0 Å². The molecule has 0 saturated heterocycles.